The Hall–Kier alpha value is -1.43. The van der Waals surface area contributed by atoms with Crippen LogP contribution in [-0.2, 0) is 14.2 Å². The molecule has 20 heavy (non-hydrogen) atoms. The third-order valence-corrected chi connectivity index (χ3v) is 3.69. The molecule has 5 nitrogen and oxygen atoms in total. The maximum Gasteiger partial charge on any atom is 0.338 e. The summed E-state index contributed by atoms with van der Waals surface area (Å²) < 4.78 is 16.3. The van der Waals surface area contributed by atoms with Gasteiger partial charge in [-0.05, 0) is 26.0 Å². The van der Waals surface area contributed by atoms with Crippen molar-refractivity contribution in [3.63, 3.8) is 0 Å². The van der Waals surface area contributed by atoms with Gasteiger partial charge in [0.05, 0.1) is 11.7 Å². The molecule has 0 amide bonds. The first-order valence-electron chi connectivity index (χ1n) is 6.61. The summed E-state index contributed by atoms with van der Waals surface area (Å²) in [5.41, 5.74) is -0.300. The van der Waals surface area contributed by atoms with Crippen LogP contribution >= 0.6 is 0 Å². The van der Waals surface area contributed by atoms with E-state index >= 15 is 0 Å². The van der Waals surface area contributed by atoms with Crippen LogP contribution < -0.4 is 0 Å². The molecule has 1 aromatic carbocycles. The van der Waals surface area contributed by atoms with Crippen molar-refractivity contribution in [2.75, 3.05) is 7.11 Å². The van der Waals surface area contributed by atoms with Crippen LogP contribution in [-0.4, -0.2) is 42.3 Å². The Morgan fingerprint density at radius 3 is 2.65 bits per heavy atom. The van der Waals surface area contributed by atoms with Gasteiger partial charge in [-0.15, -0.1) is 0 Å². The van der Waals surface area contributed by atoms with Crippen molar-refractivity contribution < 1.29 is 24.1 Å². The van der Waals surface area contributed by atoms with Gasteiger partial charge in [0.15, 0.2) is 12.4 Å². The SMILES string of the molecule is CO[C@]1(C)C[C@@H](O)O[C@@H](C)[C@@H]1OC(=O)c1ccccc1. The van der Waals surface area contributed by atoms with Gasteiger partial charge in [0.1, 0.15) is 5.60 Å². The highest BCUT2D eigenvalue weighted by atomic mass is 16.6. The maximum absolute atomic E-state index is 12.1. The Morgan fingerprint density at radius 1 is 1.40 bits per heavy atom. The zero-order chi connectivity index (χ0) is 14.8. The number of rotatable bonds is 3. The van der Waals surface area contributed by atoms with E-state index in [1.165, 1.54) is 7.11 Å². The minimum Gasteiger partial charge on any atom is -0.453 e. The fourth-order valence-corrected chi connectivity index (χ4v) is 2.50. The molecule has 1 N–H and O–H groups in total. The van der Waals surface area contributed by atoms with Gasteiger partial charge in [-0.1, -0.05) is 18.2 Å². The highest BCUT2D eigenvalue weighted by molar-refractivity contribution is 5.89. The average Bonchev–Trinajstić information content (AvgIpc) is 2.43. The lowest BCUT2D eigenvalue weighted by molar-refractivity contribution is -0.263. The van der Waals surface area contributed by atoms with E-state index in [9.17, 15) is 9.90 Å². The van der Waals surface area contributed by atoms with Crippen LogP contribution in [0.2, 0.25) is 0 Å². The molecule has 4 atom stereocenters. The van der Waals surface area contributed by atoms with E-state index in [0.717, 1.165) is 0 Å². The number of esters is 1. The van der Waals surface area contributed by atoms with Crippen LogP contribution in [0.5, 0.6) is 0 Å². The van der Waals surface area contributed by atoms with E-state index in [1.807, 2.05) is 6.07 Å². The van der Waals surface area contributed by atoms with Crippen molar-refractivity contribution in [2.45, 2.75) is 44.4 Å². The number of hydrogen-bond donors (Lipinski definition) is 1. The number of carbonyl (C=O) groups excluding carboxylic acids is 1. The Kier molecular flexibility index (Phi) is 4.42. The maximum atomic E-state index is 12.1. The van der Waals surface area contributed by atoms with Crippen LogP contribution in [0.4, 0.5) is 0 Å². The van der Waals surface area contributed by atoms with Gasteiger partial charge in [-0.25, -0.2) is 4.79 Å². The second-order valence-electron chi connectivity index (χ2n) is 5.21. The third kappa shape index (κ3) is 3.00. The van der Waals surface area contributed by atoms with E-state index in [1.54, 1.807) is 38.1 Å². The van der Waals surface area contributed by atoms with Crippen LogP contribution in [0.1, 0.15) is 30.6 Å². The summed E-state index contributed by atoms with van der Waals surface area (Å²) in [6.07, 6.45) is -1.69. The molecule has 5 heteroatoms. The highest BCUT2D eigenvalue weighted by Crippen LogP contribution is 2.33. The summed E-state index contributed by atoms with van der Waals surface area (Å²) in [6.45, 7) is 3.56. The Labute approximate surface area is 118 Å². The number of aliphatic hydroxyl groups excluding tert-OH is 1. The van der Waals surface area contributed by atoms with Gasteiger partial charge in [0.25, 0.3) is 0 Å². The number of hydrogen-bond acceptors (Lipinski definition) is 5. The first kappa shape index (κ1) is 15.0. The van der Waals surface area contributed by atoms with Gasteiger partial charge >= 0.3 is 5.97 Å². The first-order chi connectivity index (χ1) is 9.46. The molecule has 0 bridgehead atoms. The summed E-state index contributed by atoms with van der Waals surface area (Å²) in [5, 5.41) is 9.67. The Morgan fingerprint density at radius 2 is 2.05 bits per heavy atom. The minimum atomic E-state index is -0.915. The van der Waals surface area contributed by atoms with Crippen molar-refractivity contribution >= 4 is 5.97 Å². The summed E-state index contributed by atoms with van der Waals surface area (Å²) in [5.74, 6) is -0.425. The number of ether oxygens (including phenoxy) is 3. The Balaban J connectivity index is 2.15. The van der Waals surface area contributed by atoms with Crippen LogP contribution in [0.3, 0.4) is 0 Å². The second-order valence-corrected chi connectivity index (χ2v) is 5.21. The number of aliphatic hydroxyl groups is 1. The molecule has 1 heterocycles. The van der Waals surface area contributed by atoms with E-state index < -0.39 is 30.1 Å². The molecule has 0 aromatic heterocycles. The molecule has 1 aliphatic heterocycles. The molecular weight excluding hydrogens is 260 g/mol. The molecule has 0 unspecified atom stereocenters. The summed E-state index contributed by atoms with van der Waals surface area (Å²) >= 11 is 0. The largest absolute Gasteiger partial charge is 0.453 e. The summed E-state index contributed by atoms with van der Waals surface area (Å²) in [7, 11) is 1.54. The lowest BCUT2D eigenvalue weighted by Crippen LogP contribution is -2.57. The first-order valence-corrected chi connectivity index (χ1v) is 6.61. The van der Waals surface area contributed by atoms with Gasteiger partial charge in [-0.2, -0.15) is 0 Å². The van der Waals surface area contributed by atoms with Crippen molar-refractivity contribution in [3.8, 4) is 0 Å². The van der Waals surface area contributed by atoms with E-state index in [4.69, 9.17) is 14.2 Å². The van der Waals surface area contributed by atoms with Crippen molar-refractivity contribution in [2.24, 2.45) is 0 Å². The van der Waals surface area contributed by atoms with E-state index in [2.05, 4.69) is 0 Å². The van der Waals surface area contributed by atoms with E-state index in [-0.39, 0.29) is 6.42 Å². The normalized spacial score (nSPS) is 33.7. The van der Waals surface area contributed by atoms with Crippen LogP contribution in [0, 0.1) is 0 Å². The summed E-state index contributed by atoms with van der Waals surface area (Å²) in [4.78, 5) is 12.1. The predicted octanol–water partition coefficient (Wildman–Crippen LogP) is 1.74. The standard InChI is InChI=1S/C15H20O5/c1-10-13(15(2,18-3)9-12(16)19-10)20-14(17)11-7-5-4-6-8-11/h4-8,10,12-13,16H,9H2,1-3H3/t10-,12-,13-,15+/m0/s1. The molecule has 0 aliphatic carbocycles. The number of benzene rings is 1. The molecular formula is C15H20O5. The van der Waals surface area contributed by atoms with Crippen molar-refractivity contribution in [1.29, 1.82) is 0 Å². The minimum absolute atomic E-state index is 0.251. The molecule has 1 aliphatic rings. The Bertz CT molecular complexity index is 461. The van der Waals surface area contributed by atoms with E-state index in [0.29, 0.717) is 5.56 Å². The zero-order valence-corrected chi connectivity index (χ0v) is 11.9. The third-order valence-electron chi connectivity index (χ3n) is 3.69. The van der Waals surface area contributed by atoms with Gasteiger partial charge < -0.3 is 19.3 Å². The molecule has 1 aromatic rings. The predicted molar refractivity (Wildman–Crippen MR) is 72.2 cm³/mol. The van der Waals surface area contributed by atoms with Gasteiger partial charge in [-0.3, -0.25) is 0 Å². The molecule has 0 spiro atoms. The topological polar surface area (TPSA) is 65.0 Å². The molecule has 1 fully saturated rings. The summed E-state index contributed by atoms with van der Waals surface area (Å²) in [6, 6.07) is 8.76. The fraction of sp³-hybridized carbons (Fsp3) is 0.533. The average molecular weight is 280 g/mol. The molecule has 1 saturated heterocycles. The van der Waals surface area contributed by atoms with Gasteiger partial charge in [0.2, 0.25) is 0 Å². The van der Waals surface area contributed by atoms with Crippen LogP contribution in [0.15, 0.2) is 30.3 Å². The number of carbonyl (C=O) groups is 1. The molecule has 0 saturated carbocycles. The molecule has 110 valence electrons. The lowest BCUT2D eigenvalue weighted by Gasteiger charge is -2.44. The van der Waals surface area contributed by atoms with Crippen molar-refractivity contribution in [3.05, 3.63) is 35.9 Å². The smallest absolute Gasteiger partial charge is 0.338 e. The second kappa shape index (κ2) is 5.91. The number of methoxy groups -OCH3 is 1. The monoisotopic (exact) mass is 280 g/mol. The fourth-order valence-electron chi connectivity index (χ4n) is 2.50. The van der Waals surface area contributed by atoms with Crippen molar-refractivity contribution in [1.82, 2.24) is 0 Å². The zero-order valence-electron chi connectivity index (χ0n) is 11.9. The highest BCUT2D eigenvalue weighted by Gasteiger charge is 2.47. The van der Waals surface area contributed by atoms with Crippen LogP contribution in [0.25, 0.3) is 0 Å². The lowest BCUT2D eigenvalue weighted by atomic mass is 9.88. The molecule has 0 radical (unpaired) electrons. The quantitative estimate of drug-likeness (QED) is 0.854. The molecule has 2 rings (SSSR count). The van der Waals surface area contributed by atoms with Gasteiger partial charge in [0, 0.05) is 13.5 Å².